The number of pyridine rings is 1. The van der Waals surface area contributed by atoms with Crippen molar-refractivity contribution in [3.05, 3.63) is 53.6 Å². The first-order valence-electron chi connectivity index (χ1n) is 7.81. The van der Waals surface area contributed by atoms with Crippen LogP contribution < -0.4 is 10.6 Å². The smallest absolute Gasteiger partial charge is 0.269 e. The van der Waals surface area contributed by atoms with Crippen molar-refractivity contribution in [2.45, 2.75) is 18.9 Å². The second kappa shape index (κ2) is 7.52. The summed E-state index contributed by atoms with van der Waals surface area (Å²) in [6.45, 7) is 1.13. The second-order valence-electron chi connectivity index (χ2n) is 5.63. The quantitative estimate of drug-likeness (QED) is 0.813. The van der Waals surface area contributed by atoms with Crippen molar-refractivity contribution < 1.29 is 22.7 Å². The highest BCUT2D eigenvalue weighted by Gasteiger charge is 2.17. The van der Waals surface area contributed by atoms with Crippen molar-refractivity contribution in [2.75, 3.05) is 18.5 Å². The van der Waals surface area contributed by atoms with Gasteiger partial charge in [0.25, 0.3) is 5.91 Å². The number of nitrogens with one attached hydrogen (secondary N) is 2. The highest BCUT2D eigenvalue weighted by Crippen LogP contribution is 2.23. The lowest BCUT2D eigenvalue weighted by Crippen LogP contribution is -2.32. The van der Waals surface area contributed by atoms with Crippen molar-refractivity contribution in [1.82, 2.24) is 10.3 Å². The van der Waals surface area contributed by atoms with Crippen molar-refractivity contribution in [3.63, 3.8) is 0 Å². The summed E-state index contributed by atoms with van der Waals surface area (Å²) in [5.74, 6) is -4.48. The molecule has 3 rings (SSSR count). The first-order valence-corrected chi connectivity index (χ1v) is 7.81. The fourth-order valence-corrected chi connectivity index (χ4v) is 2.48. The number of rotatable bonds is 5. The summed E-state index contributed by atoms with van der Waals surface area (Å²) in [6.07, 6.45) is 3.24. The minimum atomic E-state index is -1.55. The molecular formula is C17H16F3N3O2. The predicted octanol–water partition coefficient (Wildman–Crippen LogP) is 3.15. The second-order valence-corrected chi connectivity index (χ2v) is 5.63. The predicted molar refractivity (Wildman–Crippen MR) is 85.1 cm³/mol. The summed E-state index contributed by atoms with van der Waals surface area (Å²) >= 11 is 0. The van der Waals surface area contributed by atoms with Crippen molar-refractivity contribution in [2.24, 2.45) is 0 Å². The van der Waals surface area contributed by atoms with E-state index in [9.17, 15) is 18.0 Å². The highest BCUT2D eigenvalue weighted by atomic mass is 19.2. The number of nitrogens with zero attached hydrogens (tertiary/aromatic N) is 1. The first-order chi connectivity index (χ1) is 12.0. The molecule has 2 N–H and O–H groups in total. The number of carbonyl (C=O) groups excluding carboxylic acids is 1. The van der Waals surface area contributed by atoms with Gasteiger partial charge >= 0.3 is 0 Å². The highest BCUT2D eigenvalue weighted by molar-refractivity contribution is 5.92. The molecule has 1 aliphatic heterocycles. The number of halogens is 3. The van der Waals surface area contributed by atoms with Crippen LogP contribution in [0.15, 0.2) is 30.5 Å². The van der Waals surface area contributed by atoms with E-state index in [0.29, 0.717) is 18.8 Å². The normalized spacial score (nSPS) is 16.7. The monoisotopic (exact) mass is 351 g/mol. The fraction of sp³-hybridized carbons (Fsp3) is 0.294. The third-order valence-electron chi connectivity index (χ3n) is 3.82. The molecule has 0 aliphatic carbocycles. The van der Waals surface area contributed by atoms with Gasteiger partial charge in [-0.15, -0.1) is 0 Å². The zero-order chi connectivity index (χ0) is 17.8. The van der Waals surface area contributed by atoms with Crippen molar-refractivity contribution >= 4 is 17.3 Å². The van der Waals surface area contributed by atoms with Crippen LogP contribution in [0, 0.1) is 17.5 Å². The number of hydrogen-bond acceptors (Lipinski definition) is 4. The van der Waals surface area contributed by atoms with Crippen LogP contribution in [-0.2, 0) is 4.74 Å². The SMILES string of the molecule is O=C(NCC1CCCO1)c1ccc(Nc2ccc(F)c(F)c2F)cn1. The number of anilines is 2. The first kappa shape index (κ1) is 17.2. The molecule has 1 aliphatic rings. The van der Waals surface area contributed by atoms with E-state index in [1.165, 1.54) is 18.3 Å². The molecule has 0 saturated carbocycles. The van der Waals surface area contributed by atoms with Gasteiger partial charge in [-0.3, -0.25) is 4.79 Å². The zero-order valence-electron chi connectivity index (χ0n) is 13.2. The molecule has 132 valence electrons. The Morgan fingerprint density at radius 1 is 1.20 bits per heavy atom. The number of benzene rings is 1. The molecular weight excluding hydrogens is 335 g/mol. The van der Waals surface area contributed by atoms with E-state index in [1.807, 2.05) is 0 Å². The molecule has 1 amide bonds. The van der Waals surface area contributed by atoms with Gasteiger partial charge in [-0.1, -0.05) is 0 Å². The summed E-state index contributed by atoms with van der Waals surface area (Å²) in [5.41, 5.74) is 0.297. The average Bonchev–Trinajstić information content (AvgIpc) is 3.14. The van der Waals surface area contributed by atoms with Gasteiger partial charge in [0, 0.05) is 13.2 Å². The Balaban J connectivity index is 1.62. The van der Waals surface area contributed by atoms with Crippen molar-refractivity contribution in [3.8, 4) is 0 Å². The number of aromatic nitrogens is 1. The molecule has 5 nitrogen and oxygen atoms in total. The van der Waals surface area contributed by atoms with Gasteiger partial charge in [-0.05, 0) is 37.1 Å². The molecule has 25 heavy (non-hydrogen) atoms. The van der Waals surface area contributed by atoms with E-state index in [4.69, 9.17) is 4.74 Å². The third-order valence-corrected chi connectivity index (χ3v) is 3.82. The number of ether oxygens (including phenoxy) is 1. The molecule has 0 spiro atoms. The molecule has 1 unspecified atom stereocenters. The number of hydrogen-bond donors (Lipinski definition) is 2. The summed E-state index contributed by atoms with van der Waals surface area (Å²) in [6, 6.07) is 4.84. The van der Waals surface area contributed by atoms with Gasteiger partial charge in [-0.25, -0.2) is 18.2 Å². The van der Waals surface area contributed by atoms with E-state index in [-0.39, 0.29) is 23.4 Å². The van der Waals surface area contributed by atoms with E-state index in [0.717, 1.165) is 25.0 Å². The van der Waals surface area contributed by atoms with Gasteiger partial charge in [0.15, 0.2) is 17.5 Å². The average molecular weight is 351 g/mol. The minimum absolute atomic E-state index is 0.0289. The van der Waals surface area contributed by atoms with E-state index in [1.54, 1.807) is 0 Å². The molecule has 1 atom stereocenters. The molecule has 0 bridgehead atoms. The molecule has 0 radical (unpaired) electrons. The zero-order valence-corrected chi connectivity index (χ0v) is 13.2. The molecule has 1 saturated heterocycles. The lowest BCUT2D eigenvalue weighted by molar-refractivity contribution is 0.0854. The number of carbonyl (C=O) groups is 1. The Hall–Kier alpha value is -2.61. The Morgan fingerprint density at radius 2 is 2.04 bits per heavy atom. The Bertz CT molecular complexity index is 762. The van der Waals surface area contributed by atoms with Crippen LogP contribution in [0.2, 0.25) is 0 Å². The van der Waals surface area contributed by atoms with Gasteiger partial charge in [0.2, 0.25) is 0 Å². The molecule has 1 aromatic carbocycles. The van der Waals surface area contributed by atoms with Crippen molar-refractivity contribution in [1.29, 1.82) is 0 Å². The van der Waals surface area contributed by atoms with E-state index < -0.39 is 17.5 Å². The summed E-state index contributed by atoms with van der Waals surface area (Å²) < 4.78 is 45.2. The molecule has 1 fully saturated rings. The summed E-state index contributed by atoms with van der Waals surface area (Å²) in [4.78, 5) is 16.0. The van der Waals surface area contributed by atoms with Gasteiger partial charge in [-0.2, -0.15) is 0 Å². The molecule has 2 heterocycles. The summed E-state index contributed by atoms with van der Waals surface area (Å²) in [5, 5.41) is 5.32. The third kappa shape index (κ3) is 4.08. The summed E-state index contributed by atoms with van der Waals surface area (Å²) in [7, 11) is 0. The van der Waals surface area contributed by atoms with Crippen LogP contribution in [0.25, 0.3) is 0 Å². The van der Waals surface area contributed by atoms with Gasteiger partial charge in [0.1, 0.15) is 5.69 Å². The van der Waals surface area contributed by atoms with Crippen LogP contribution >= 0.6 is 0 Å². The number of amides is 1. The fourth-order valence-electron chi connectivity index (χ4n) is 2.48. The van der Waals surface area contributed by atoms with Crippen LogP contribution in [0.3, 0.4) is 0 Å². The maximum atomic E-state index is 13.6. The topological polar surface area (TPSA) is 63.2 Å². The van der Waals surface area contributed by atoms with Crippen LogP contribution in [0.5, 0.6) is 0 Å². The van der Waals surface area contributed by atoms with E-state index in [2.05, 4.69) is 15.6 Å². The van der Waals surface area contributed by atoms with Gasteiger partial charge < -0.3 is 15.4 Å². The minimum Gasteiger partial charge on any atom is -0.376 e. The lowest BCUT2D eigenvalue weighted by Gasteiger charge is -2.11. The standard InChI is InChI=1S/C17H16F3N3O2/c18-12-4-6-13(16(20)15(12)19)23-10-3-5-14(21-8-10)17(24)22-9-11-2-1-7-25-11/h3-6,8,11,23H,1-2,7,9H2,(H,22,24). The maximum absolute atomic E-state index is 13.6. The van der Waals surface area contributed by atoms with E-state index >= 15 is 0 Å². The molecule has 1 aromatic heterocycles. The van der Waals surface area contributed by atoms with Crippen LogP contribution in [0.1, 0.15) is 23.3 Å². The van der Waals surface area contributed by atoms with Crippen LogP contribution in [-0.4, -0.2) is 30.1 Å². The Kier molecular flexibility index (Phi) is 5.18. The van der Waals surface area contributed by atoms with Gasteiger partial charge in [0.05, 0.1) is 23.7 Å². The Labute approximate surface area is 142 Å². The molecule has 8 heteroatoms. The largest absolute Gasteiger partial charge is 0.376 e. The molecule has 2 aromatic rings. The Morgan fingerprint density at radius 3 is 2.72 bits per heavy atom. The van der Waals surface area contributed by atoms with Crippen LogP contribution in [0.4, 0.5) is 24.5 Å². The lowest BCUT2D eigenvalue weighted by atomic mass is 10.2. The maximum Gasteiger partial charge on any atom is 0.269 e.